The van der Waals surface area contributed by atoms with Crippen LogP contribution in [0.2, 0.25) is 0 Å². The van der Waals surface area contributed by atoms with Gasteiger partial charge in [0.25, 0.3) is 0 Å². The van der Waals surface area contributed by atoms with Gasteiger partial charge in [0, 0.05) is 12.6 Å². The van der Waals surface area contributed by atoms with E-state index in [0.29, 0.717) is 6.04 Å². The number of rotatable bonds is 3. The van der Waals surface area contributed by atoms with Crippen molar-refractivity contribution in [2.45, 2.75) is 38.3 Å². The van der Waals surface area contributed by atoms with Crippen LogP contribution < -0.4 is 5.32 Å². The maximum absolute atomic E-state index is 4.08. The van der Waals surface area contributed by atoms with Crippen LogP contribution >= 0.6 is 0 Å². The van der Waals surface area contributed by atoms with Crippen LogP contribution in [0.25, 0.3) is 0 Å². The van der Waals surface area contributed by atoms with Crippen molar-refractivity contribution in [3.8, 4) is 0 Å². The molecule has 2 heterocycles. The summed E-state index contributed by atoms with van der Waals surface area (Å²) in [4.78, 5) is 3.92. The van der Waals surface area contributed by atoms with E-state index in [1.165, 1.54) is 32.2 Å². The van der Waals surface area contributed by atoms with Crippen LogP contribution in [0, 0.1) is 0 Å². The van der Waals surface area contributed by atoms with Crippen LogP contribution in [0.15, 0.2) is 12.7 Å². The number of piperidine rings is 1. The fourth-order valence-corrected chi connectivity index (χ4v) is 1.81. The zero-order valence-corrected chi connectivity index (χ0v) is 7.82. The first-order chi connectivity index (χ1) is 6.45. The standard InChI is InChI=1S/C9H16N4/c1-2-5-11-9(3-1)4-6-13-8-10-7-12-13/h7-9,11H,1-6H2. The highest BCUT2D eigenvalue weighted by Gasteiger charge is 2.11. The van der Waals surface area contributed by atoms with Gasteiger partial charge in [0.2, 0.25) is 0 Å². The SMILES string of the molecule is c1ncn(CCC2CCCCN2)n1. The van der Waals surface area contributed by atoms with Gasteiger partial charge >= 0.3 is 0 Å². The molecule has 1 aromatic rings. The number of hydrogen-bond donors (Lipinski definition) is 1. The minimum absolute atomic E-state index is 0.693. The molecule has 1 fully saturated rings. The number of aryl methyl sites for hydroxylation is 1. The van der Waals surface area contributed by atoms with Crippen LogP contribution in [-0.2, 0) is 6.54 Å². The molecule has 4 heteroatoms. The second-order valence-corrected chi connectivity index (χ2v) is 3.59. The molecule has 4 nitrogen and oxygen atoms in total. The van der Waals surface area contributed by atoms with Crippen LogP contribution in [0.1, 0.15) is 25.7 Å². The fraction of sp³-hybridized carbons (Fsp3) is 0.778. The summed E-state index contributed by atoms with van der Waals surface area (Å²) in [6.45, 7) is 2.17. The topological polar surface area (TPSA) is 42.7 Å². The first-order valence-electron chi connectivity index (χ1n) is 5.01. The molecule has 1 aliphatic heterocycles. The van der Waals surface area contributed by atoms with Gasteiger partial charge in [0.05, 0.1) is 0 Å². The van der Waals surface area contributed by atoms with Crippen molar-refractivity contribution in [1.29, 1.82) is 0 Å². The number of aromatic nitrogens is 3. The normalized spacial score (nSPS) is 23.2. The zero-order chi connectivity index (χ0) is 8.93. The van der Waals surface area contributed by atoms with Crippen molar-refractivity contribution in [3.63, 3.8) is 0 Å². The maximum Gasteiger partial charge on any atom is 0.137 e. The Balaban J connectivity index is 1.72. The average molecular weight is 180 g/mol. The summed E-state index contributed by atoms with van der Waals surface area (Å²) in [6, 6.07) is 0.693. The molecule has 1 aliphatic rings. The molecule has 1 saturated heterocycles. The lowest BCUT2D eigenvalue weighted by Gasteiger charge is -2.23. The molecule has 1 atom stereocenters. The van der Waals surface area contributed by atoms with E-state index in [9.17, 15) is 0 Å². The Kier molecular flexibility index (Phi) is 2.92. The predicted octanol–water partition coefficient (Wildman–Crippen LogP) is 0.810. The number of nitrogens with one attached hydrogen (secondary N) is 1. The van der Waals surface area contributed by atoms with Gasteiger partial charge in [-0.25, -0.2) is 4.98 Å². The summed E-state index contributed by atoms with van der Waals surface area (Å²) >= 11 is 0. The zero-order valence-electron chi connectivity index (χ0n) is 7.82. The Morgan fingerprint density at radius 3 is 3.15 bits per heavy atom. The summed E-state index contributed by atoms with van der Waals surface area (Å²) < 4.78 is 1.90. The molecule has 0 bridgehead atoms. The Morgan fingerprint density at radius 1 is 1.46 bits per heavy atom. The van der Waals surface area contributed by atoms with E-state index in [0.717, 1.165) is 6.54 Å². The van der Waals surface area contributed by atoms with Crippen LogP contribution in [0.5, 0.6) is 0 Å². The average Bonchev–Trinajstić information content (AvgIpc) is 2.69. The molecular formula is C9H16N4. The van der Waals surface area contributed by atoms with Gasteiger partial charge in [0.15, 0.2) is 0 Å². The third-order valence-corrected chi connectivity index (χ3v) is 2.59. The molecule has 72 valence electrons. The minimum Gasteiger partial charge on any atom is -0.314 e. The molecule has 0 spiro atoms. The monoisotopic (exact) mass is 180 g/mol. The molecule has 0 amide bonds. The Morgan fingerprint density at radius 2 is 2.46 bits per heavy atom. The highest BCUT2D eigenvalue weighted by atomic mass is 15.3. The molecular weight excluding hydrogens is 164 g/mol. The van der Waals surface area contributed by atoms with Crippen LogP contribution in [0.4, 0.5) is 0 Å². The van der Waals surface area contributed by atoms with E-state index in [1.54, 1.807) is 12.7 Å². The molecule has 1 unspecified atom stereocenters. The molecule has 1 aromatic heterocycles. The second kappa shape index (κ2) is 4.37. The van der Waals surface area contributed by atoms with Gasteiger partial charge in [-0.1, -0.05) is 6.42 Å². The summed E-state index contributed by atoms with van der Waals surface area (Å²) in [5.41, 5.74) is 0. The summed E-state index contributed by atoms with van der Waals surface area (Å²) in [7, 11) is 0. The lowest BCUT2D eigenvalue weighted by Crippen LogP contribution is -2.34. The third-order valence-electron chi connectivity index (χ3n) is 2.59. The van der Waals surface area contributed by atoms with E-state index in [4.69, 9.17) is 0 Å². The van der Waals surface area contributed by atoms with Gasteiger partial charge in [-0.05, 0) is 25.8 Å². The Hall–Kier alpha value is -0.900. The molecule has 0 aliphatic carbocycles. The van der Waals surface area contributed by atoms with Gasteiger partial charge in [-0.2, -0.15) is 5.10 Å². The van der Waals surface area contributed by atoms with Crippen molar-refractivity contribution < 1.29 is 0 Å². The molecule has 13 heavy (non-hydrogen) atoms. The van der Waals surface area contributed by atoms with Crippen molar-refractivity contribution in [1.82, 2.24) is 20.1 Å². The van der Waals surface area contributed by atoms with Gasteiger partial charge in [-0.3, -0.25) is 4.68 Å². The molecule has 2 rings (SSSR count). The Labute approximate surface area is 78.4 Å². The van der Waals surface area contributed by atoms with Gasteiger partial charge < -0.3 is 5.32 Å². The maximum atomic E-state index is 4.08. The summed E-state index contributed by atoms with van der Waals surface area (Å²) in [5.74, 6) is 0. The van der Waals surface area contributed by atoms with E-state index in [1.807, 2.05) is 4.68 Å². The van der Waals surface area contributed by atoms with Crippen molar-refractivity contribution in [2.75, 3.05) is 6.54 Å². The van der Waals surface area contributed by atoms with E-state index in [2.05, 4.69) is 15.4 Å². The van der Waals surface area contributed by atoms with Gasteiger partial charge in [0.1, 0.15) is 12.7 Å². The lowest BCUT2D eigenvalue weighted by molar-refractivity contribution is 0.360. The van der Waals surface area contributed by atoms with Crippen molar-refractivity contribution in [3.05, 3.63) is 12.7 Å². The van der Waals surface area contributed by atoms with Crippen LogP contribution in [-0.4, -0.2) is 27.4 Å². The second-order valence-electron chi connectivity index (χ2n) is 3.59. The van der Waals surface area contributed by atoms with E-state index >= 15 is 0 Å². The quantitative estimate of drug-likeness (QED) is 0.748. The smallest absolute Gasteiger partial charge is 0.137 e. The highest BCUT2D eigenvalue weighted by Crippen LogP contribution is 2.10. The number of hydrogen-bond acceptors (Lipinski definition) is 3. The fourth-order valence-electron chi connectivity index (χ4n) is 1.81. The van der Waals surface area contributed by atoms with E-state index < -0.39 is 0 Å². The molecule has 0 saturated carbocycles. The van der Waals surface area contributed by atoms with Crippen molar-refractivity contribution in [2.24, 2.45) is 0 Å². The minimum atomic E-state index is 0.693. The molecule has 0 radical (unpaired) electrons. The van der Waals surface area contributed by atoms with E-state index in [-0.39, 0.29) is 0 Å². The third kappa shape index (κ3) is 2.52. The molecule has 0 aromatic carbocycles. The number of nitrogens with zero attached hydrogens (tertiary/aromatic N) is 3. The first kappa shape index (κ1) is 8.69. The summed E-state index contributed by atoms with van der Waals surface area (Å²) in [5, 5.41) is 7.60. The summed E-state index contributed by atoms with van der Waals surface area (Å²) in [6.07, 6.45) is 8.56. The first-order valence-corrected chi connectivity index (χ1v) is 5.01. The highest BCUT2D eigenvalue weighted by molar-refractivity contribution is 4.72. The molecule has 1 N–H and O–H groups in total. The van der Waals surface area contributed by atoms with Gasteiger partial charge in [-0.15, -0.1) is 0 Å². The Bertz CT molecular complexity index is 226. The van der Waals surface area contributed by atoms with Crippen molar-refractivity contribution >= 4 is 0 Å². The van der Waals surface area contributed by atoms with Crippen LogP contribution in [0.3, 0.4) is 0 Å². The largest absolute Gasteiger partial charge is 0.314 e. The predicted molar refractivity (Wildman–Crippen MR) is 50.3 cm³/mol. The lowest BCUT2D eigenvalue weighted by atomic mass is 10.0.